The third-order valence-corrected chi connectivity index (χ3v) is 6.95. The quantitative estimate of drug-likeness (QED) is 0.244. The van der Waals surface area contributed by atoms with E-state index in [9.17, 15) is 9.90 Å². The summed E-state index contributed by atoms with van der Waals surface area (Å²) in [5, 5.41) is 15.9. The van der Waals surface area contributed by atoms with Gasteiger partial charge in [0.05, 0.1) is 36.2 Å². The van der Waals surface area contributed by atoms with Crippen molar-refractivity contribution in [2.45, 2.75) is 6.92 Å². The number of para-hydroxylation sites is 1. The summed E-state index contributed by atoms with van der Waals surface area (Å²) in [6.07, 6.45) is 1.43. The molecule has 3 aromatic carbocycles. The highest BCUT2D eigenvalue weighted by molar-refractivity contribution is 9.10. The molecule has 0 spiro atoms. The van der Waals surface area contributed by atoms with Gasteiger partial charge >= 0.3 is 0 Å². The minimum atomic E-state index is -0.384. The number of furan rings is 1. The fraction of sp³-hybridized carbons (Fsp3) is 0.115. The van der Waals surface area contributed by atoms with Crippen LogP contribution in [-0.4, -0.2) is 34.7 Å². The number of rotatable bonds is 6. The van der Waals surface area contributed by atoms with Crippen LogP contribution in [0.3, 0.4) is 0 Å². The Morgan fingerprint density at radius 3 is 2.75 bits per heavy atom. The molecule has 8 nitrogen and oxygen atoms in total. The van der Waals surface area contributed by atoms with Gasteiger partial charge in [0, 0.05) is 10.0 Å². The number of fused-ring (bicyclic) bond motifs is 2. The molecule has 2 aromatic heterocycles. The number of methoxy groups -OCH3 is 1. The van der Waals surface area contributed by atoms with Gasteiger partial charge < -0.3 is 19.0 Å². The molecule has 0 aliphatic rings. The van der Waals surface area contributed by atoms with Gasteiger partial charge in [-0.2, -0.15) is 9.78 Å². The van der Waals surface area contributed by atoms with E-state index in [-0.39, 0.29) is 27.9 Å². The molecule has 5 aromatic rings. The summed E-state index contributed by atoms with van der Waals surface area (Å²) in [6, 6.07) is 15.8. The minimum Gasteiger partial charge on any atom is -0.503 e. The summed E-state index contributed by atoms with van der Waals surface area (Å²) in [4.78, 5) is 18.2. The van der Waals surface area contributed by atoms with Gasteiger partial charge in [0.2, 0.25) is 5.82 Å². The Morgan fingerprint density at radius 1 is 1.17 bits per heavy atom. The second kappa shape index (κ2) is 9.67. The highest BCUT2D eigenvalue weighted by Crippen LogP contribution is 2.41. The minimum absolute atomic E-state index is 0.0657. The van der Waals surface area contributed by atoms with Crippen LogP contribution in [0.25, 0.3) is 33.5 Å². The molecule has 2 heterocycles. The van der Waals surface area contributed by atoms with E-state index in [2.05, 4.69) is 26.0 Å². The predicted octanol–water partition coefficient (Wildman–Crippen LogP) is 6.22. The molecule has 0 saturated heterocycles. The van der Waals surface area contributed by atoms with Crippen molar-refractivity contribution in [3.05, 3.63) is 80.0 Å². The number of benzene rings is 3. The second-order valence-corrected chi connectivity index (χ2v) is 8.84. The largest absolute Gasteiger partial charge is 0.503 e. The molecular formula is C26H19BrClN3O5. The van der Waals surface area contributed by atoms with E-state index in [1.165, 1.54) is 10.9 Å². The van der Waals surface area contributed by atoms with E-state index in [4.69, 9.17) is 25.5 Å². The molecule has 36 heavy (non-hydrogen) atoms. The van der Waals surface area contributed by atoms with Gasteiger partial charge in [-0.1, -0.05) is 29.8 Å². The zero-order valence-electron chi connectivity index (χ0n) is 19.2. The first-order valence-corrected chi connectivity index (χ1v) is 12.1. The zero-order valence-corrected chi connectivity index (χ0v) is 21.5. The maximum absolute atomic E-state index is 13.5. The lowest BCUT2D eigenvalue weighted by molar-refractivity contribution is 0.318. The molecule has 0 aliphatic heterocycles. The predicted molar refractivity (Wildman–Crippen MR) is 143 cm³/mol. The lowest BCUT2D eigenvalue weighted by Gasteiger charge is -2.11. The van der Waals surface area contributed by atoms with Crippen LogP contribution in [0.4, 0.5) is 0 Å². The summed E-state index contributed by atoms with van der Waals surface area (Å²) >= 11 is 9.65. The topological polar surface area (TPSA) is 99.1 Å². The standard InChI is InChI=1S/C26H19BrClN3O5/c1-3-35-20-11-14(22(27)23(28)24(20)32)13-29-31-25(30-17-8-5-4-7-15(17)26(31)33)21-12-16-18(34-2)9-6-10-19(16)36-21/h4-13,32H,3H2,1-2H3. The normalized spacial score (nSPS) is 11.6. The number of aromatic hydroxyl groups is 1. The summed E-state index contributed by atoms with van der Waals surface area (Å²) in [7, 11) is 1.58. The summed E-state index contributed by atoms with van der Waals surface area (Å²) in [6.45, 7) is 2.12. The van der Waals surface area contributed by atoms with Crippen LogP contribution in [0.5, 0.6) is 17.2 Å². The molecule has 5 rings (SSSR count). The number of phenols is 1. The van der Waals surface area contributed by atoms with Gasteiger partial charge in [0.1, 0.15) is 16.4 Å². The summed E-state index contributed by atoms with van der Waals surface area (Å²) in [5.74, 6) is 1.18. The van der Waals surface area contributed by atoms with Gasteiger partial charge in [-0.05, 0) is 59.3 Å². The van der Waals surface area contributed by atoms with Crippen molar-refractivity contribution < 1.29 is 19.0 Å². The van der Waals surface area contributed by atoms with Gasteiger partial charge in [0.25, 0.3) is 5.56 Å². The van der Waals surface area contributed by atoms with Crippen LogP contribution in [0.15, 0.2) is 73.4 Å². The number of ether oxygens (including phenoxy) is 2. The molecule has 0 atom stereocenters. The molecule has 0 saturated carbocycles. The number of nitrogens with zero attached hydrogens (tertiary/aromatic N) is 3. The molecule has 0 bridgehead atoms. The van der Waals surface area contributed by atoms with Crippen molar-refractivity contribution in [3.8, 4) is 28.8 Å². The van der Waals surface area contributed by atoms with Gasteiger partial charge in [0.15, 0.2) is 17.3 Å². The molecule has 10 heteroatoms. The number of hydrogen-bond acceptors (Lipinski definition) is 7. The molecule has 0 fully saturated rings. The van der Waals surface area contributed by atoms with Crippen molar-refractivity contribution in [1.82, 2.24) is 9.66 Å². The van der Waals surface area contributed by atoms with Crippen LogP contribution in [-0.2, 0) is 0 Å². The smallest absolute Gasteiger partial charge is 0.282 e. The van der Waals surface area contributed by atoms with E-state index >= 15 is 0 Å². The van der Waals surface area contributed by atoms with E-state index in [0.717, 1.165) is 5.39 Å². The molecule has 0 amide bonds. The van der Waals surface area contributed by atoms with E-state index in [0.29, 0.717) is 44.6 Å². The van der Waals surface area contributed by atoms with E-state index in [1.54, 1.807) is 56.5 Å². The summed E-state index contributed by atoms with van der Waals surface area (Å²) in [5.41, 5.74) is 1.18. The Labute approximate surface area is 218 Å². The average Bonchev–Trinajstić information content (AvgIpc) is 3.33. The monoisotopic (exact) mass is 567 g/mol. The lowest BCUT2D eigenvalue weighted by atomic mass is 10.2. The Morgan fingerprint density at radius 2 is 1.97 bits per heavy atom. The van der Waals surface area contributed by atoms with Gasteiger partial charge in [-0.15, -0.1) is 0 Å². The number of phenolic OH excluding ortho intramolecular Hbond substituents is 1. The SMILES string of the molecule is CCOc1cc(C=Nn2c(-c3cc4c(OC)cccc4o3)nc3ccccc3c2=O)c(Br)c(Cl)c1O. The highest BCUT2D eigenvalue weighted by atomic mass is 79.9. The lowest BCUT2D eigenvalue weighted by Crippen LogP contribution is -2.20. The first-order valence-electron chi connectivity index (χ1n) is 10.9. The van der Waals surface area contributed by atoms with Crippen LogP contribution >= 0.6 is 27.5 Å². The number of aromatic nitrogens is 2. The van der Waals surface area contributed by atoms with Crippen LogP contribution in [0.1, 0.15) is 12.5 Å². The van der Waals surface area contributed by atoms with Crippen molar-refractivity contribution in [2.24, 2.45) is 5.10 Å². The fourth-order valence-electron chi connectivity index (χ4n) is 3.80. The third-order valence-electron chi connectivity index (χ3n) is 5.50. The molecular weight excluding hydrogens is 550 g/mol. The first-order chi connectivity index (χ1) is 17.4. The fourth-order valence-corrected chi connectivity index (χ4v) is 4.41. The Bertz CT molecular complexity index is 1710. The zero-order chi connectivity index (χ0) is 25.4. The molecule has 0 unspecified atom stereocenters. The Kier molecular flexibility index (Phi) is 6.42. The van der Waals surface area contributed by atoms with E-state index in [1.807, 2.05) is 12.1 Å². The van der Waals surface area contributed by atoms with E-state index < -0.39 is 0 Å². The molecule has 1 N–H and O–H groups in total. The third kappa shape index (κ3) is 4.10. The number of hydrogen-bond donors (Lipinski definition) is 1. The first kappa shape index (κ1) is 23.9. The van der Waals surface area contributed by atoms with Gasteiger partial charge in [-0.25, -0.2) is 4.98 Å². The second-order valence-electron chi connectivity index (χ2n) is 7.67. The van der Waals surface area contributed by atoms with Gasteiger partial charge in [-0.3, -0.25) is 4.79 Å². The maximum Gasteiger partial charge on any atom is 0.282 e. The van der Waals surface area contributed by atoms with Crippen LogP contribution in [0.2, 0.25) is 5.02 Å². The Balaban J connectivity index is 1.73. The van der Waals surface area contributed by atoms with Crippen LogP contribution < -0.4 is 15.0 Å². The number of halogens is 2. The van der Waals surface area contributed by atoms with Crippen molar-refractivity contribution in [2.75, 3.05) is 13.7 Å². The Hall–Kier alpha value is -3.82. The van der Waals surface area contributed by atoms with Crippen molar-refractivity contribution in [1.29, 1.82) is 0 Å². The van der Waals surface area contributed by atoms with Crippen LogP contribution in [0, 0.1) is 0 Å². The maximum atomic E-state index is 13.5. The average molecular weight is 569 g/mol. The molecule has 0 aliphatic carbocycles. The highest BCUT2D eigenvalue weighted by Gasteiger charge is 2.19. The summed E-state index contributed by atoms with van der Waals surface area (Å²) < 4.78 is 18.5. The molecule has 182 valence electrons. The molecule has 0 radical (unpaired) electrons. The van der Waals surface area contributed by atoms with Crippen molar-refractivity contribution >= 4 is 55.6 Å². The van der Waals surface area contributed by atoms with Crippen molar-refractivity contribution in [3.63, 3.8) is 0 Å².